The molecule has 0 aliphatic carbocycles. The van der Waals surface area contributed by atoms with Crippen LogP contribution in [0.3, 0.4) is 0 Å². The number of urea groups is 1. The molecule has 0 radical (unpaired) electrons. The molecule has 3 aliphatic rings. The molecule has 0 unspecified atom stereocenters. The topological polar surface area (TPSA) is 102 Å². The van der Waals surface area contributed by atoms with Gasteiger partial charge in [0.25, 0.3) is 5.91 Å². The lowest BCUT2D eigenvalue weighted by atomic mass is 9.95. The Morgan fingerprint density at radius 2 is 1.70 bits per heavy atom. The Labute approximate surface area is 216 Å². The first-order valence-corrected chi connectivity index (χ1v) is 12.1. The highest BCUT2D eigenvalue weighted by Gasteiger charge is 2.48. The lowest BCUT2D eigenvalue weighted by Gasteiger charge is -2.31. The predicted octanol–water partition coefficient (Wildman–Crippen LogP) is 2.63. The number of hydrogen-bond acceptors (Lipinski definition) is 6. The summed E-state index contributed by atoms with van der Waals surface area (Å²) in [6, 6.07) is 1.43. The SMILES string of the molecule is CN1CCN(C(=O)OCN2C(=O)N[C@](C)(CCC(=O)N3Cc4cc(Cl)c(C(F)(F)F)cc4C3)C2=O)CC1. The minimum atomic E-state index is -4.61. The van der Waals surface area contributed by atoms with Gasteiger partial charge in [0.1, 0.15) is 5.54 Å². The maximum absolute atomic E-state index is 13.1. The van der Waals surface area contributed by atoms with Crippen molar-refractivity contribution in [1.29, 1.82) is 0 Å². The summed E-state index contributed by atoms with van der Waals surface area (Å²) in [6.45, 7) is 3.31. The van der Waals surface area contributed by atoms with E-state index in [2.05, 4.69) is 10.2 Å². The summed E-state index contributed by atoms with van der Waals surface area (Å²) in [4.78, 5) is 56.2. The van der Waals surface area contributed by atoms with Crippen LogP contribution in [-0.2, 0) is 33.6 Å². The minimum absolute atomic E-state index is 0.0141. The number of nitrogens with one attached hydrogen (secondary N) is 1. The average molecular weight is 546 g/mol. The zero-order chi connectivity index (χ0) is 27.1. The number of benzene rings is 1. The number of rotatable bonds is 5. The first-order valence-electron chi connectivity index (χ1n) is 11.7. The van der Waals surface area contributed by atoms with Gasteiger partial charge in [0.05, 0.1) is 10.6 Å². The van der Waals surface area contributed by atoms with Crippen LogP contribution in [0.5, 0.6) is 0 Å². The van der Waals surface area contributed by atoms with Gasteiger partial charge in [-0.05, 0) is 43.7 Å². The number of carbonyl (C=O) groups excluding carboxylic acids is 4. The van der Waals surface area contributed by atoms with Gasteiger partial charge in [-0.15, -0.1) is 0 Å². The fourth-order valence-electron chi connectivity index (χ4n) is 4.56. The Bertz CT molecular complexity index is 1120. The van der Waals surface area contributed by atoms with E-state index in [0.29, 0.717) is 37.3 Å². The van der Waals surface area contributed by atoms with Crippen LogP contribution in [0.15, 0.2) is 12.1 Å². The number of piperazine rings is 1. The van der Waals surface area contributed by atoms with Crippen LogP contribution in [0.2, 0.25) is 5.02 Å². The molecule has 0 bridgehead atoms. The average Bonchev–Trinajstić information content (AvgIpc) is 3.33. The van der Waals surface area contributed by atoms with E-state index in [1.165, 1.54) is 22.8 Å². The molecule has 0 spiro atoms. The first-order chi connectivity index (χ1) is 17.3. The van der Waals surface area contributed by atoms with Crippen molar-refractivity contribution in [1.82, 2.24) is 24.9 Å². The number of hydrogen-bond donors (Lipinski definition) is 1. The summed E-state index contributed by atoms with van der Waals surface area (Å²) in [5, 5.41) is 2.12. The number of amides is 5. The number of nitrogens with zero attached hydrogens (tertiary/aromatic N) is 4. The van der Waals surface area contributed by atoms with Crippen molar-refractivity contribution in [2.24, 2.45) is 0 Å². The molecular formula is C23H27ClF3N5O5. The maximum atomic E-state index is 13.1. The van der Waals surface area contributed by atoms with Crippen molar-refractivity contribution in [2.45, 2.75) is 44.6 Å². The van der Waals surface area contributed by atoms with Crippen LogP contribution < -0.4 is 5.32 Å². The summed E-state index contributed by atoms with van der Waals surface area (Å²) >= 11 is 5.78. The zero-order valence-corrected chi connectivity index (χ0v) is 21.1. The van der Waals surface area contributed by atoms with E-state index in [4.69, 9.17) is 16.3 Å². The van der Waals surface area contributed by atoms with Crippen molar-refractivity contribution in [2.75, 3.05) is 40.0 Å². The Morgan fingerprint density at radius 3 is 2.32 bits per heavy atom. The second kappa shape index (κ2) is 10.0. The van der Waals surface area contributed by atoms with Crippen LogP contribution >= 0.6 is 11.6 Å². The Hall–Kier alpha value is -3.06. The number of likely N-dealkylation sites (N-methyl/N-ethyl adjacent to an activating group) is 1. The highest BCUT2D eigenvalue weighted by Crippen LogP contribution is 2.38. The highest BCUT2D eigenvalue weighted by atomic mass is 35.5. The number of imide groups is 1. The lowest BCUT2D eigenvalue weighted by molar-refractivity contribution is -0.137. The molecule has 1 aromatic carbocycles. The number of halogens is 4. The summed E-state index contributed by atoms with van der Waals surface area (Å²) in [7, 11) is 1.93. The summed E-state index contributed by atoms with van der Waals surface area (Å²) in [5.41, 5.74) is -1.47. The molecule has 1 N–H and O–H groups in total. The van der Waals surface area contributed by atoms with Gasteiger partial charge in [0.15, 0.2) is 6.73 Å². The Kier molecular flexibility index (Phi) is 7.30. The fraction of sp³-hybridized carbons (Fsp3) is 0.565. The molecule has 0 saturated carbocycles. The number of alkyl halides is 3. The van der Waals surface area contributed by atoms with Gasteiger partial charge >= 0.3 is 18.3 Å². The van der Waals surface area contributed by atoms with E-state index in [9.17, 15) is 32.3 Å². The van der Waals surface area contributed by atoms with Gasteiger partial charge in [-0.1, -0.05) is 11.6 Å². The van der Waals surface area contributed by atoms with Gasteiger partial charge in [-0.3, -0.25) is 9.59 Å². The molecule has 1 atom stereocenters. The van der Waals surface area contributed by atoms with E-state index in [1.54, 1.807) is 0 Å². The smallest absolute Gasteiger partial charge is 0.417 e. The number of fused-ring (bicyclic) bond motifs is 1. The van der Waals surface area contributed by atoms with Gasteiger partial charge in [-0.25, -0.2) is 14.5 Å². The van der Waals surface area contributed by atoms with Gasteiger partial charge in [0.2, 0.25) is 5.91 Å². The quantitative estimate of drug-likeness (QED) is 0.571. The molecule has 0 aromatic heterocycles. The van der Waals surface area contributed by atoms with E-state index >= 15 is 0 Å². The molecule has 2 saturated heterocycles. The molecule has 1 aromatic rings. The van der Waals surface area contributed by atoms with Crippen LogP contribution in [-0.4, -0.2) is 89.0 Å². The third-order valence-electron chi connectivity index (χ3n) is 6.93. The molecule has 5 amide bonds. The van der Waals surface area contributed by atoms with Crippen molar-refractivity contribution < 1.29 is 37.1 Å². The van der Waals surface area contributed by atoms with Crippen molar-refractivity contribution >= 4 is 35.5 Å². The van der Waals surface area contributed by atoms with E-state index < -0.39 is 47.1 Å². The van der Waals surface area contributed by atoms with E-state index in [0.717, 1.165) is 11.0 Å². The van der Waals surface area contributed by atoms with E-state index in [1.807, 2.05) is 7.05 Å². The van der Waals surface area contributed by atoms with Crippen molar-refractivity contribution in [3.05, 3.63) is 33.8 Å². The summed E-state index contributed by atoms with van der Waals surface area (Å²) in [6.07, 6.45) is -5.41. The van der Waals surface area contributed by atoms with Gasteiger partial charge in [0, 0.05) is 45.7 Å². The van der Waals surface area contributed by atoms with E-state index in [-0.39, 0.29) is 31.8 Å². The number of carbonyl (C=O) groups is 4. The summed E-state index contributed by atoms with van der Waals surface area (Å²) < 4.78 is 44.6. The lowest BCUT2D eigenvalue weighted by Crippen LogP contribution is -2.48. The second-order valence-corrected chi connectivity index (χ2v) is 10.1. The monoisotopic (exact) mass is 545 g/mol. The Balaban J connectivity index is 1.31. The highest BCUT2D eigenvalue weighted by molar-refractivity contribution is 6.31. The first kappa shape index (κ1) is 27.0. The largest absolute Gasteiger partial charge is 0.427 e. The predicted molar refractivity (Wildman–Crippen MR) is 124 cm³/mol. The van der Waals surface area contributed by atoms with Gasteiger partial charge < -0.3 is 24.8 Å². The second-order valence-electron chi connectivity index (χ2n) is 9.67. The summed E-state index contributed by atoms with van der Waals surface area (Å²) in [5.74, 6) is -1.02. The molecule has 10 nitrogen and oxygen atoms in total. The third kappa shape index (κ3) is 5.61. The molecular weight excluding hydrogens is 519 g/mol. The van der Waals surface area contributed by atoms with Crippen molar-refractivity contribution in [3.8, 4) is 0 Å². The zero-order valence-electron chi connectivity index (χ0n) is 20.4. The normalized spacial score (nSPS) is 22.4. The molecule has 202 valence electrons. The van der Waals surface area contributed by atoms with Gasteiger partial charge in [-0.2, -0.15) is 13.2 Å². The van der Waals surface area contributed by atoms with Crippen LogP contribution in [0.25, 0.3) is 0 Å². The third-order valence-corrected chi connectivity index (χ3v) is 7.25. The fourth-order valence-corrected chi connectivity index (χ4v) is 4.86. The maximum Gasteiger partial charge on any atom is 0.417 e. The van der Waals surface area contributed by atoms with Crippen molar-refractivity contribution in [3.63, 3.8) is 0 Å². The number of ether oxygens (including phenoxy) is 1. The minimum Gasteiger partial charge on any atom is -0.427 e. The molecule has 3 aliphatic heterocycles. The van der Waals surface area contributed by atoms with Crippen LogP contribution in [0.1, 0.15) is 36.5 Å². The molecule has 14 heteroatoms. The van der Waals surface area contributed by atoms with Crippen LogP contribution in [0, 0.1) is 0 Å². The Morgan fingerprint density at radius 1 is 1.08 bits per heavy atom. The standard InChI is InChI=1S/C23H27ClF3N5O5/c1-22(19(34)32(20(35)28-22)13-37-21(36)30-7-5-29(2)6-8-30)4-3-18(33)31-11-14-9-16(23(25,26)27)17(24)10-15(14)12-31/h9-10H,3-8,11-13H2,1-2H3,(H,28,35)/t22-/m1/s1. The van der Waals surface area contributed by atoms with Crippen LogP contribution in [0.4, 0.5) is 22.8 Å². The molecule has 37 heavy (non-hydrogen) atoms. The molecule has 4 rings (SSSR count). The molecule has 2 fully saturated rings. The molecule has 3 heterocycles.